The fourth-order valence-corrected chi connectivity index (χ4v) is 2.70. The number of carbonyl (C=O) groups excluding carboxylic acids is 1. The highest BCUT2D eigenvalue weighted by molar-refractivity contribution is 7.90. The summed E-state index contributed by atoms with van der Waals surface area (Å²) >= 11 is 0. The Morgan fingerprint density at radius 1 is 1.22 bits per heavy atom. The average molecular weight is 333 g/mol. The average Bonchev–Trinajstić information content (AvgIpc) is 3.04. The molecule has 1 unspecified atom stereocenters. The second-order valence-electron chi connectivity index (χ2n) is 5.32. The van der Waals surface area contributed by atoms with Crippen LogP contribution in [0.5, 0.6) is 0 Å². The molecule has 0 spiro atoms. The maximum Gasteiger partial charge on any atom is 0.246 e. The Balaban J connectivity index is 2.09. The van der Waals surface area contributed by atoms with Crippen molar-refractivity contribution in [3.63, 3.8) is 0 Å². The molecular formula is C17H19NO4S. The standard InChI is InChI=1S/C17H19NO4S/c1-13(14-6-9-16(10-7-14)23(3,20)21)18(2)17(19)11-8-15-5-4-12-22-15/h4-13H,1-3H3/b11-8+. The molecule has 2 aromatic rings. The van der Waals surface area contributed by atoms with Crippen LogP contribution in [-0.2, 0) is 14.6 Å². The van der Waals surface area contributed by atoms with Crippen LogP contribution in [-0.4, -0.2) is 32.5 Å². The van der Waals surface area contributed by atoms with Crippen LogP contribution in [0.4, 0.5) is 0 Å². The first kappa shape index (κ1) is 17.0. The summed E-state index contributed by atoms with van der Waals surface area (Å²) in [6, 6.07) is 9.88. The van der Waals surface area contributed by atoms with Crippen molar-refractivity contribution in [3.05, 3.63) is 60.1 Å². The third kappa shape index (κ3) is 4.32. The molecule has 0 aliphatic rings. The Bertz CT molecular complexity index is 790. The minimum atomic E-state index is -3.22. The molecule has 0 fully saturated rings. The Kier molecular flexibility index (Phi) is 5.05. The van der Waals surface area contributed by atoms with Crippen molar-refractivity contribution in [1.82, 2.24) is 4.90 Å². The normalized spacial score (nSPS) is 13.2. The number of likely N-dealkylation sites (N-methyl/N-ethyl adjacent to an activating group) is 1. The number of rotatable bonds is 5. The molecule has 0 bridgehead atoms. The molecule has 0 saturated carbocycles. The van der Waals surface area contributed by atoms with Crippen molar-refractivity contribution < 1.29 is 17.6 Å². The monoisotopic (exact) mass is 333 g/mol. The number of carbonyl (C=O) groups is 1. The predicted molar refractivity (Wildman–Crippen MR) is 88.5 cm³/mol. The lowest BCUT2D eigenvalue weighted by Crippen LogP contribution is -2.27. The molecule has 1 aromatic heterocycles. The lowest BCUT2D eigenvalue weighted by molar-refractivity contribution is -0.126. The molecule has 0 radical (unpaired) electrons. The molecule has 2 rings (SSSR count). The van der Waals surface area contributed by atoms with E-state index < -0.39 is 9.84 Å². The minimum absolute atomic E-state index is 0.166. The van der Waals surface area contributed by atoms with Gasteiger partial charge < -0.3 is 9.32 Å². The maximum absolute atomic E-state index is 12.2. The summed E-state index contributed by atoms with van der Waals surface area (Å²) in [6.07, 6.45) is 5.76. The lowest BCUT2D eigenvalue weighted by Gasteiger charge is -2.24. The van der Waals surface area contributed by atoms with E-state index in [-0.39, 0.29) is 16.8 Å². The van der Waals surface area contributed by atoms with Gasteiger partial charge >= 0.3 is 0 Å². The van der Waals surface area contributed by atoms with E-state index in [0.717, 1.165) is 5.56 Å². The molecule has 0 saturated heterocycles. The summed E-state index contributed by atoms with van der Waals surface area (Å²) in [5.41, 5.74) is 0.861. The van der Waals surface area contributed by atoms with Crippen molar-refractivity contribution in [2.75, 3.05) is 13.3 Å². The Labute approximate surface area is 136 Å². The molecule has 5 nitrogen and oxygen atoms in total. The second-order valence-corrected chi connectivity index (χ2v) is 7.33. The van der Waals surface area contributed by atoms with Gasteiger partial charge in [-0.15, -0.1) is 0 Å². The van der Waals surface area contributed by atoms with E-state index in [4.69, 9.17) is 4.42 Å². The predicted octanol–water partition coefficient (Wildman–Crippen LogP) is 2.92. The van der Waals surface area contributed by atoms with Gasteiger partial charge in [0.25, 0.3) is 0 Å². The van der Waals surface area contributed by atoms with Crippen molar-refractivity contribution in [1.29, 1.82) is 0 Å². The van der Waals surface area contributed by atoms with Gasteiger partial charge in [-0.25, -0.2) is 8.42 Å². The van der Waals surface area contributed by atoms with Crippen molar-refractivity contribution in [2.24, 2.45) is 0 Å². The number of hydrogen-bond donors (Lipinski definition) is 0. The van der Waals surface area contributed by atoms with E-state index in [2.05, 4.69) is 0 Å². The smallest absolute Gasteiger partial charge is 0.246 e. The van der Waals surface area contributed by atoms with Gasteiger partial charge in [0.05, 0.1) is 17.2 Å². The van der Waals surface area contributed by atoms with Crippen molar-refractivity contribution in [3.8, 4) is 0 Å². The highest BCUT2D eigenvalue weighted by Gasteiger charge is 2.16. The number of benzene rings is 1. The molecular weight excluding hydrogens is 314 g/mol. The van der Waals surface area contributed by atoms with Crippen LogP contribution in [0.1, 0.15) is 24.3 Å². The summed E-state index contributed by atoms with van der Waals surface area (Å²) in [4.78, 5) is 14.0. The Hall–Kier alpha value is -2.34. The van der Waals surface area contributed by atoms with Gasteiger partial charge in [0.15, 0.2) is 9.84 Å². The molecule has 0 aliphatic carbocycles. The van der Waals surface area contributed by atoms with Gasteiger partial charge in [-0.05, 0) is 42.8 Å². The van der Waals surface area contributed by atoms with Gasteiger partial charge in [-0.2, -0.15) is 0 Å². The highest BCUT2D eigenvalue weighted by Crippen LogP contribution is 2.21. The number of hydrogen-bond acceptors (Lipinski definition) is 4. The maximum atomic E-state index is 12.2. The number of sulfone groups is 1. The molecule has 0 N–H and O–H groups in total. The van der Waals surface area contributed by atoms with E-state index in [1.807, 2.05) is 6.92 Å². The Morgan fingerprint density at radius 2 is 1.87 bits per heavy atom. The van der Waals surface area contributed by atoms with E-state index >= 15 is 0 Å². The van der Waals surface area contributed by atoms with Crippen LogP contribution >= 0.6 is 0 Å². The van der Waals surface area contributed by atoms with Crippen LogP contribution in [0, 0.1) is 0 Å². The van der Waals surface area contributed by atoms with Crippen LogP contribution in [0.2, 0.25) is 0 Å². The zero-order chi connectivity index (χ0) is 17.0. The fourth-order valence-electron chi connectivity index (χ4n) is 2.07. The summed E-state index contributed by atoms with van der Waals surface area (Å²) in [5.74, 6) is 0.443. The SMILES string of the molecule is CC(c1ccc(S(C)(=O)=O)cc1)N(C)C(=O)/C=C/c1ccco1. The first-order valence-corrected chi connectivity index (χ1v) is 8.96. The number of amides is 1. The first-order chi connectivity index (χ1) is 10.8. The largest absolute Gasteiger partial charge is 0.465 e. The van der Waals surface area contributed by atoms with Crippen LogP contribution in [0.3, 0.4) is 0 Å². The fraction of sp³-hybridized carbons (Fsp3) is 0.235. The van der Waals surface area contributed by atoms with Crippen LogP contribution in [0.25, 0.3) is 6.08 Å². The zero-order valence-electron chi connectivity index (χ0n) is 13.3. The van der Waals surface area contributed by atoms with Gasteiger partial charge in [-0.3, -0.25) is 4.79 Å². The summed E-state index contributed by atoms with van der Waals surface area (Å²) in [6.45, 7) is 1.88. The highest BCUT2D eigenvalue weighted by atomic mass is 32.2. The molecule has 1 aromatic carbocycles. The quantitative estimate of drug-likeness (QED) is 0.789. The third-order valence-corrected chi connectivity index (χ3v) is 4.78. The molecule has 23 heavy (non-hydrogen) atoms. The molecule has 1 heterocycles. The number of furan rings is 1. The van der Waals surface area contributed by atoms with Crippen LogP contribution < -0.4 is 0 Å². The van der Waals surface area contributed by atoms with Crippen LogP contribution in [0.15, 0.2) is 58.1 Å². The van der Waals surface area contributed by atoms with Gasteiger partial charge in [0, 0.05) is 19.4 Å². The van der Waals surface area contributed by atoms with E-state index in [0.29, 0.717) is 5.76 Å². The topological polar surface area (TPSA) is 67.6 Å². The molecule has 0 aliphatic heterocycles. The summed E-state index contributed by atoms with van der Waals surface area (Å²) in [5, 5.41) is 0. The minimum Gasteiger partial charge on any atom is -0.465 e. The molecule has 1 atom stereocenters. The van der Waals surface area contributed by atoms with Crippen molar-refractivity contribution in [2.45, 2.75) is 17.9 Å². The van der Waals surface area contributed by atoms with Crippen molar-refractivity contribution >= 4 is 21.8 Å². The second kappa shape index (κ2) is 6.83. The zero-order valence-corrected chi connectivity index (χ0v) is 14.1. The van der Waals surface area contributed by atoms with E-state index in [1.54, 1.807) is 60.7 Å². The number of nitrogens with zero attached hydrogens (tertiary/aromatic N) is 1. The van der Waals surface area contributed by atoms with E-state index in [1.165, 1.54) is 12.3 Å². The Morgan fingerprint density at radius 3 is 2.39 bits per heavy atom. The van der Waals surface area contributed by atoms with Gasteiger partial charge in [-0.1, -0.05) is 12.1 Å². The van der Waals surface area contributed by atoms with Gasteiger partial charge in [0.1, 0.15) is 5.76 Å². The first-order valence-electron chi connectivity index (χ1n) is 7.07. The summed E-state index contributed by atoms with van der Waals surface area (Å²) < 4.78 is 28.1. The molecule has 122 valence electrons. The molecule has 1 amide bonds. The third-order valence-electron chi connectivity index (χ3n) is 3.65. The van der Waals surface area contributed by atoms with Gasteiger partial charge in [0.2, 0.25) is 5.91 Å². The van der Waals surface area contributed by atoms with E-state index in [9.17, 15) is 13.2 Å². The lowest BCUT2D eigenvalue weighted by atomic mass is 10.1. The summed E-state index contributed by atoms with van der Waals surface area (Å²) in [7, 11) is -1.52. The molecule has 6 heteroatoms.